The van der Waals surface area contributed by atoms with Crippen LogP contribution in [0.25, 0.3) is 61.6 Å². The molecule has 0 unspecified atom stereocenters. The smallest absolute Gasteiger partial charge is 0.149 e. The molecule has 0 aliphatic carbocycles. The molecule has 0 fully saturated rings. The van der Waals surface area contributed by atoms with Gasteiger partial charge < -0.3 is 5.11 Å². The predicted octanol–water partition coefficient (Wildman–Crippen LogP) is 11.4. The Bertz CT molecular complexity index is 2250. The molecule has 48 heavy (non-hydrogen) atoms. The summed E-state index contributed by atoms with van der Waals surface area (Å²) in [5.74, 6) is 0.875. The van der Waals surface area contributed by atoms with Gasteiger partial charge in [-0.05, 0) is 93.2 Å². The zero-order valence-corrected chi connectivity index (χ0v) is 28.5. The first kappa shape index (κ1) is 31.1. The van der Waals surface area contributed by atoms with Crippen molar-refractivity contribution in [3.8, 4) is 56.3 Å². The lowest BCUT2D eigenvalue weighted by Gasteiger charge is -2.23. The summed E-state index contributed by atoms with van der Waals surface area (Å²) in [6.45, 7) is 13.4. The van der Waals surface area contributed by atoms with Crippen LogP contribution in [0.4, 0.5) is 0 Å². The van der Waals surface area contributed by atoms with Crippen LogP contribution in [0.5, 0.6) is 5.75 Å². The highest BCUT2D eigenvalue weighted by Crippen LogP contribution is 2.41. The quantitative estimate of drug-likeness (QED) is 0.207. The molecule has 238 valence electrons. The van der Waals surface area contributed by atoms with Crippen molar-refractivity contribution in [1.29, 1.82) is 0 Å². The van der Waals surface area contributed by atoms with E-state index >= 15 is 0 Å². The van der Waals surface area contributed by atoms with Crippen molar-refractivity contribution in [3.05, 3.63) is 145 Å². The maximum absolute atomic E-state index is 11.5. The number of phenols is 1. The number of imidazole rings is 1. The molecule has 4 heteroatoms. The van der Waals surface area contributed by atoms with Gasteiger partial charge in [-0.25, -0.2) is 4.98 Å². The molecule has 0 spiro atoms. The summed E-state index contributed by atoms with van der Waals surface area (Å²) in [4.78, 5) is 10.2. The molecule has 7 aromatic rings. The Labute approximate surface area is 283 Å². The number of para-hydroxylation sites is 2. The second-order valence-electron chi connectivity index (χ2n) is 14.6. The summed E-state index contributed by atoms with van der Waals surface area (Å²) in [6, 6.07) is 43.7. The Balaban J connectivity index is 1.46. The Hall–Kier alpha value is -5.48. The molecule has 0 saturated carbocycles. The molecule has 0 saturated heterocycles. The monoisotopic (exact) mass is 627 g/mol. The van der Waals surface area contributed by atoms with Crippen molar-refractivity contribution < 1.29 is 5.11 Å². The summed E-state index contributed by atoms with van der Waals surface area (Å²) in [7, 11) is 0. The highest BCUT2D eigenvalue weighted by Gasteiger charge is 2.23. The standard InChI is InChI=1S/C44H41N3O/c1-43(2,3)33-22-23-45-38(28-33)32-24-31(25-34(26-32)44(4,5)6)36-18-13-19-39-41(36)46-42(47(39)35-16-11-8-12-17-35)37-21-20-30(27-40(37)48)29-14-9-7-10-15-29/h7-28,48H,1-6H3. The highest BCUT2D eigenvalue weighted by atomic mass is 16.3. The van der Waals surface area contributed by atoms with Gasteiger partial charge in [0.05, 0.1) is 22.3 Å². The number of rotatable bonds is 5. The Kier molecular flexibility index (Phi) is 7.75. The normalized spacial score (nSPS) is 12.0. The largest absolute Gasteiger partial charge is 0.507 e. The third-order valence-corrected chi connectivity index (χ3v) is 9.08. The third-order valence-electron chi connectivity index (χ3n) is 9.08. The molecule has 0 radical (unpaired) electrons. The summed E-state index contributed by atoms with van der Waals surface area (Å²) >= 11 is 0. The fraction of sp³-hybridized carbons (Fsp3) is 0.182. The van der Waals surface area contributed by atoms with Gasteiger partial charge in [-0.15, -0.1) is 0 Å². The molecule has 0 aliphatic rings. The number of benzene rings is 5. The Morgan fingerprint density at radius 2 is 1.23 bits per heavy atom. The summed E-state index contributed by atoms with van der Waals surface area (Å²) in [6.07, 6.45) is 1.92. The summed E-state index contributed by atoms with van der Waals surface area (Å²) in [5, 5.41) is 11.5. The second kappa shape index (κ2) is 12.0. The van der Waals surface area contributed by atoms with Gasteiger partial charge in [0, 0.05) is 23.0 Å². The second-order valence-corrected chi connectivity index (χ2v) is 14.6. The molecule has 1 N–H and O–H groups in total. The Morgan fingerprint density at radius 1 is 0.542 bits per heavy atom. The number of aromatic hydroxyl groups is 1. The molecule has 5 aromatic carbocycles. The van der Waals surface area contributed by atoms with Crippen molar-refractivity contribution in [2.75, 3.05) is 0 Å². The number of hydrogen-bond acceptors (Lipinski definition) is 3. The van der Waals surface area contributed by atoms with E-state index < -0.39 is 0 Å². The number of nitrogens with zero attached hydrogens (tertiary/aromatic N) is 3. The van der Waals surface area contributed by atoms with Crippen LogP contribution < -0.4 is 0 Å². The molecule has 0 amide bonds. The number of aromatic nitrogens is 3. The minimum atomic E-state index is -0.0822. The molecule has 0 aliphatic heterocycles. The van der Waals surface area contributed by atoms with E-state index in [1.807, 2.05) is 54.7 Å². The van der Waals surface area contributed by atoms with Crippen LogP contribution in [-0.4, -0.2) is 19.6 Å². The predicted molar refractivity (Wildman–Crippen MR) is 200 cm³/mol. The van der Waals surface area contributed by atoms with Gasteiger partial charge in [0.25, 0.3) is 0 Å². The van der Waals surface area contributed by atoms with Crippen molar-refractivity contribution in [1.82, 2.24) is 14.5 Å². The summed E-state index contributed by atoms with van der Waals surface area (Å²) in [5.41, 5.74) is 12.1. The number of hydrogen-bond donors (Lipinski definition) is 1. The van der Waals surface area contributed by atoms with Crippen molar-refractivity contribution in [2.45, 2.75) is 52.4 Å². The fourth-order valence-corrected chi connectivity index (χ4v) is 6.30. The molecule has 0 bridgehead atoms. The molecule has 2 heterocycles. The van der Waals surface area contributed by atoms with E-state index in [0.29, 0.717) is 11.4 Å². The molecule has 4 nitrogen and oxygen atoms in total. The molecular formula is C44H41N3O. The van der Waals surface area contributed by atoms with Gasteiger partial charge in [0.1, 0.15) is 11.6 Å². The van der Waals surface area contributed by atoms with Crippen LogP contribution >= 0.6 is 0 Å². The molecule has 0 atom stereocenters. The Morgan fingerprint density at radius 3 is 1.92 bits per heavy atom. The van der Waals surface area contributed by atoms with Crippen LogP contribution in [0.3, 0.4) is 0 Å². The van der Waals surface area contributed by atoms with E-state index in [4.69, 9.17) is 9.97 Å². The van der Waals surface area contributed by atoms with E-state index in [9.17, 15) is 5.11 Å². The lowest BCUT2D eigenvalue weighted by Crippen LogP contribution is -2.12. The fourth-order valence-electron chi connectivity index (χ4n) is 6.30. The van der Waals surface area contributed by atoms with Gasteiger partial charge in [-0.3, -0.25) is 9.55 Å². The average molecular weight is 628 g/mol. The highest BCUT2D eigenvalue weighted by molar-refractivity contribution is 5.97. The molecule has 2 aromatic heterocycles. The van der Waals surface area contributed by atoms with Crippen LogP contribution in [0.2, 0.25) is 0 Å². The first-order valence-electron chi connectivity index (χ1n) is 16.6. The topological polar surface area (TPSA) is 50.9 Å². The van der Waals surface area contributed by atoms with E-state index in [2.05, 4.69) is 125 Å². The molecular weight excluding hydrogens is 587 g/mol. The van der Waals surface area contributed by atoms with Gasteiger partial charge in [-0.1, -0.05) is 114 Å². The number of fused-ring (bicyclic) bond motifs is 1. The van der Waals surface area contributed by atoms with Crippen LogP contribution in [0, 0.1) is 0 Å². The van der Waals surface area contributed by atoms with E-state index in [1.54, 1.807) is 0 Å². The minimum absolute atomic E-state index is 0.0132. The zero-order chi connectivity index (χ0) is 33.6. The van der Waals surface area contributed by atoms with Crippen molar-refractivity contribution in [2.24, 2.45) is 0 Å². The van der Waals surface area contributed by atoms with Gasteiger partial charge in [0.15, 0.2) is 0 Å². The van der Waals surface area contributed by atoms with Crippen molar-refractivity contribution >= 4 is 11.0 Å². The lowest BCUT2D eigenvalue weighted by atomic mass is 9.83. The minimum Gasteiger partial charge on any atom is -0.507 e. The SMILES string of the molecule is CC(C)(C)c1cc(-c2cc(C(C)(C)C)ccn2)cc(-c2cccc3c2nc(-c2ccc(-c4ccccc4)cc2O)n3-c2ccccc2)c1. The lowest BCUT2D eigenvalue weighted by molar-refractivity contribution is 0.477. The molecule has 7 rings (SSSR count). The van der Waals surface area contributed by atoms with Crippen molar-refractivity contribution in [3.63, 3.8) is 0 Å². The first-order chi connectivity index (χ1) is 23.0. The van der Waals surface area contributed by atoms with E-state index in [1.165, 1.54) is 11.1 Å². The third kappa shape index (κ3) is 5.91. The maximum atomic E-state index is 11.5. The van der Waals surface area contributed by atoms with Crippen LogP contribution in [0.1, 0.15) is 52.7 Å². The van der Waals surface area contributed by atoms with Crippen LogP contribution in [-0.2, 0) is 10.8 Å². The maximum Gasteiger partial charge on any atom is 0.149 e. The van der Waals surface area contributed by atoms with Gasteiger partial charge in [0.2, 0.25) is 0 Å². The van der Waals surface area contributed by atoms with Gasteiger partial charge in [-0.2, -0.15) is 0 Å². The first-order valence-corrected chi connectivity index (χ1v) is 16.6. The number of phenolic OH excluding ortho intramolecular Hbond substituents is 1. The van der Waals surface area contributed by atoms with Crippen LogP contribution in [0.15, 0.2) is 134 Å². The number of pyridine rings is 1. The summed E-state index contributed by atoms with van der Waals surface area (Å²) < 4.78 is 2.15. The van der Waals surface area contributed by atoms with E-state index in [-0.39, 0.29) is 16.6 Å². The average Bonchev–Trinajstić information content (AvgIpc) is 3.47. The van der Waals surface area contributed by atoms with Gasteiger partial charge >= 0.3 is 0 Å². The zero-order valence-electron chi connectivity index (χ0n) is 28.5. The van der Waals surface area contributed by atoms with E-state index in [0.717, 1.165) is 50.2 Å².